The van der Waals surface area contributed by atoms with E-state index in [1.165, 1.54) is 28.2 Å². The number of thiocarbonyl (C=S) groups is 1. The quantitative estimate of drug-likeness (QED) is 0.352. The monoisotopic (exact) mass is 481 g/mol. The van der Waals surface area contributed by atoms with Crippen molar-refractivity contribution in [2.24, 2.45) is 0 Å². The zero-order chi connectivity index (χ0) is 24.7. The van der Waals surface area contributed by atoms with Gasteiger partial charge >= 0.3 is 0 Å². The summed E-state index contributed by atoms with van der Waals surface area (Å²) in [6.07, 6.45) is 1.85. The highest BCUT2D eigenvalue weighted by Gasteiger charge is 2.42. The van der Waals surface area contributed by atoms with Crippen LogP contribution in [0.25, 0.3) is 5.69 Å². The van der Waals surface area contributed by atoms with Crippen LogP contribution < -0.4 is 15.1 Å². The number of aromatic nitrogens is 2. The fourth-order valence-corrected chi connectivity index (χ4v) is 5.46. The van der Waals surface area contributed by atoms with Crippen molar-refractivity contribution in [3.05, 3.63) is 107 Å². The zero-order valence-corrected chi connectivity index (χ0v) is 21.7. The topological polar surface area (TPSA) is 36.3 Å². The lowest BCUT2D eigenvalue weighted by molar-refractivity contribution is 0.565. The van der Waals surface area contributed by atoms with Crippen LogP contribution >= 0.6 is 12.2 Å². The maximum absolute atomic E-state index is 5.92. The normalized spacial score (nSPS) is 17.5. The van der Waals surface area contributed by atoms with E-state index in [9.17, 15) is 0 Å². The number of anilines is 2. The van der Waals surface area contributed by atoms with E-state index in [1.807, 2.05) is 18.3 Å². The Labute approximate surface area is 213 Å². The van der Waals surface area contributed by atoms with Gasteiger partial charge in [-0.2, -0.15) is 0 Å². The smallest absolute Gasteiger partial charge is 0.174 e. The average Bonchev–Trinajstić information content (AvgIpc) is 3.34. The van der Waals surface area contributed by atoms with Gasteiger partial charge in [0, 0.05) is 48.7 Å². The average molecular weight is 482 g/mol. The first-order valence-electron chi connectivity index (χ1n) is 11.9. The second kappa shape index (κ2) is 9.19. The van der Waals surface area contributed by atoms with Gasteiger partial charge in [-0.3, -0.25) is 4.98 Å². The van der Waals surface area contributed by atoms with Crippen molar-refractivity contribution in [1.29, 1.82) is 0 Å². The molecule has 178 valence electrons. The first-order chi connectivity index (χ1) is 16.8. The predicted molar refractivity (Wildman–Crippen MR) is 149 cm³/mol. The Kier molecular flexibility index (Phi) is 6.07. The number of nitrogens with one attached hydrogen (secondary N) is 1. The van der Waals surface area contributed by atoms with Gasteiger partial charge in [-0.15, -0.1) is 0 Å². The lowest BCUT2D eigenvalue weighted by Gasteiger charge is -2.28. The lowest BCUT2D eigenvalue weighted by atomic mass is 9.96. The minimum absolute atomic E-state index is 0.0348. The minimum atomic E-state index is -0.0660. The van der Waals surface area contributed by atoms with Gasteiger partial charge in [0.1, 0.15) is 0 Å². The Morgan fingerprint density at radius 2 is 1.66 bits per heavy atom. The molecule has 5 rings (SSSR count). The zero-order valence-electron chi connectivity index (χ0n) is 20.9. The summed E-state index contributed by atoms with van der Waals surface area (Å²) in [6.45, 7) is 6.51. The first kappa shape index (κ1) is 23.1. The van der Waals surface area contributed by atoms with Gasteiger partial charge in [-0.05, 0) is 98.7 Å². The van der Waals surface area contributed by atoms with Crippen molar-refractivity contribution < 1.29 is 0 Å². The SMILES string of the molecule is Cc1cccc(-n2c(C)cc([C@H]3[C@H](c4ccccn4)NC(=S)N3c3ccc(N(C)C)cc3)c2C)c1. The van der Waals surface area contributed by atoms with Gasteiger partial charge in [0.05, 0.1) is 17.8 Å². The minimum Gasteiger partial charge on any atom is -0.378 e. The van der Waals surface area contributed by atoms with Crippen molar-refractivity contribution >= 4 is 28.7 Å². The molecule has 2 atom stereocenters. The van der Waals surface area contributed by atoms with Gasteiger partial charge in [-0.25, -0.2) is 0 Å². The molecule has 2 aromatic carbocycles. The molecule has 1 N–H and O–H groups in total. The molecule has 0 unspecified atom stereocenters. The molecule has 0 amide bonds. The molecule has 1 aliphatic rings. The third-order valence-corrected chi connectivity index (χ3v) is 7.11. The van der Waals surface area contributed by atoms with E-state index in [4.69, 9.17) is 17.2 Å². The van der Waals surface area contributed by atoms with E-state index in [1.54, 1.807) is 0 Å². The van der Waals surface area contributed by atoms with Gasteiger partial charge < -0.3 is 19.7 Å². The van der Waals surface area contributed by atoms with E-state index < -0.39 is 0 Å². The van der Waals surface area contributed by atoms with Crippen molar-refractivity contribution in [2.45, 2.75) is 32.9 Å². The summed E-state index contributed by atoms with van der Waals surface area (Å²) in [6, 6.07) is 25.5. The summed E-state index contributed by atoms with van der Waals surface area (Å²) in [5, 5.41) is 4.30. The Morgan fingerprint density at radius 1 is 0.886 bits per heavy atom. The van der Waals surface area contributed by atoms with Crippen LogP contribution in [0.5, 0.6) is 0 Å². The Hall–Kier alpha value is -3.64. The molecule has 1 aliphatic heterocycles. The predicted octanol–water partition coefficient (Wildman–Crippen LogP) is 6.04. The van der Waals surface area contributed by atoms with E-state index in [-0.39, 0.29) is 12.1 Å². The van der Waals surface area contributed by atoms with Crippen LogP contribution in [0.2, 0.25) is 0 Å². The second-order valence-corrected chi connectivity index (χ2v) is 9.80. The van der Waals surface area contributed by atoms with Crippen molar-refractivity contribution in [3.8, 4) is 5.69 Å². The number of nitrogens with zero attached hydrogens (tertiary/aromatic N) is 4. The summed E-state index contributed by atoms with van der Waals surface area (Å²) in [5.74, 6) is 0. The van der Waals surface area contributed by atoms with Crippen molar-refractivity contribution in [3.63, 3.8) is 0 Å². The van der Waals surface area contributed by atoms with Gasteiger partial charge in [0.15, 0.2) is 5.11 Å². The first-order valence-corrected chi connectivity index (χ1v) is 12.3. The summed E-state index contributed by atoms with van der Waals surface area (Å²) in [4.78, 5) is 9.05. The van der Waals surface area contributed by atoms with Crippen LogP contribution in [0.4, 0.5) is 11.4 Å². The highest BCUT2D eigenvalue weighted by atomic mass is 32.1. The number of benzene rings is 2. The number of hydrogen-bond acceptors (Lipinski definition) is 3. The molecule has 4 aromatic rings. The number of hydrogen-bond donors (Lipinski definition) is 1. The van der Waals surface area contributed by atoms with E-state index in [0.29, 0.717) is 5.11 Å². The third kappa shape index (κ3) is 4.19. The number of pyridine rings is 1. The Bertz CT molecular complexity index is 1360. The van der Waals surface area contributed by atoms with Crippen LogP contribution in [0.15, 0.2) is 79.0 Å². The highest BCUT2D eigenvalue weighted by Crippen LogP contribution is 2.44. The molecule has 0 radical (unpaired) electrons. The summed E-state index contributed by atoms with van der Waals surface area (Å²) >= 11 is 5.92. The molecule has 0 saturated carbocycles. The lowest BCUT2D eigenvalue weighted by Crippen LogP contribution is -2.29. The molecular weight excluding hydrogens is 450 g/mol. The molecule has 5 nitrogen and oxygen atoms in total. The number of rotatable bonds is 5. The molecule has 3 heterocycles. The standard InChI is InChI=1S/C29H31N5S/c1-19-9-8-10-24(17-19)33-20(2)18-25(21(33)3)28-27(26-11-6-7-16-30-26)31-29(35)34(28)23-14-12-22(13-15-23)32(4)5/h6-18,27-28H,1-5H3,(H,31,35)/t27-,28-/m0/s1. The van der Waals surface area contributed by atoms with Crippen LogP contribution in [-0.4, -0.2) is 28.8 Å². The summed E-state index contributed by atoms with van der Waals surface area (Å²) in [5.41, 5.74) is 9.27. The summed E-state index contributed by atoms with van der Waals surface area (Å²) in [7, 11) is 4.11. The Balaban J connectivity index is 1.66. The molecule has 0 bridgehead atoms. The van der Waals surface area contributed by atoms with E-state index in [0.717, 1.165) is 17.1 Å². The maximum Gasteiger partial charge on any atom is 0.174 e. The molecule has 35 heavy (non-hydrogen) atoms. The molecular formula is C29H31N5S. The van der Waals surface area contributed by atoms with E-state index >= 15 is 0 Å². The van der Waals surface area contributed by atoms with Crippen LogP contribution in [0, 0.1) is 20.8 Å². The fraction of sp³-hybridized carbons (Fsp3) is 0.241. The summed E-state index contributed by atoms with van der Waals surface area (Å²) < 4.78 is 2.34. The van der Waals surface area contributed by atoms with Crippen LogP contribution in [0.1, 0.15) is 40.3 Å². The number of aryl methyl sites for hydroxylation is 2. The fourth-order valence-electron chi connectivity index (χ4n) is 5.11. The molecule has 1 fully saturated rings. The molecule has 0 aliphatic carbocycles. The Morgan fingerprint density at radius 3 is 2.31 bits per heavy atom. The van der Waals surface area contributed by atoms with Gasteiger partial charge in [-0.1, -0.05) is 18.2 Å². The van der Waals surface area contributed by atoms with E-state index in [2.05, 4.69) is 115 Å². The second-order valence-electron chi connectivity index (χ2n) is 9.41. The molecule has 0 spiro atoms. The van der Waals surface area contributed by atoms with Crippen LogP contribution in [0.3, 0.4) is 0 Å². The van der Waals surface area contributed by atoms with Gasteiger partial charge in [0.2, 0.25) is 0 Å². The van der Waals surface area contributed by atoms with Crippen molar-refractivity contribution in [2.75, 3.05) is 23.9 Å². The van der Waals surface area contributed by atoms with Crippen molar-refractivity contribution in [1.82, 2.24) is 14.9 Å². The van der Waals surface area contributed by atoms with Gasteiger partial charge in [0.25, 0.3) is 0 Å². The molecule has 1 saturated heterocycles. The largest absolute Gasteiger partial charge is 0.378 e. The van der Waals surface area contributed by atoms with Crippen LogP contribution in [-0.2, 0) is 0 Å². The maximum atomic E-state index is 5.92. The molecule has 2 aromatic heterocycles. The molecule has 6 heteroatoms. The third-order valence-electron chi connectivity index (χ3n) is 6.79. The highest BCUT2D eigenvalue weighted by molar-refractivity contribution is 7.80.